The van der Waals surface area contributed by atoms with Crippen molar-refractivity contribution in [3.05, 3.63) is 0 Å². The highest BCUT2D eigenvalue weighted by atomic mass is 16.5. The number of hydrogen-bond acceptors (Lipinski definition) is 3. The SMILES string of the molecule is CNCCC(C)N(CCOC)CC(C)C. The fourth-order valence-electron chi connectivity index (χ4n) is 1.70. The van der Waals surface area contributed by atoms with Crippen molar-refractivity contribution in [3.8, 4) is 0 Å². The van der Waals surface area contributed by atoms with E-state index in [0.717, 1.165) is 32.2 Å². The van der Waals surface area contributed by atoms with Gasteiger partial charge in [-0.15, -0.1) is 0 Å². The lowest BCUT2D eigenvalue weighted by Gasteiger charge is -2.30. The van der Waals surface area contributed by atoms with Crippen molar-refractivity contribution < 1.29 is 4.74 Å². The van der Waals surface area contributed by atoms with Crippen molar-refractivity contribution in [3.63, 3.8) is 0 Å². The summed E-state index contributed by atoms with van der Waals surface area (Å²) in [6.07, 6.45) is 1.20. The number of ether oxygens (including phenoxy) is 1. The number of methoxy groups -OCH3 is 1. The first-order chi connectivity index (χ1) is 7.11. The summed E-state index contributed by atoms with van der Waals surface area (Å²) in [7, 11) is 3.78. The second-order valence-electron chi connectivity index (χ2n) is 4.62. The Hall–Kier alpha value is -0.120. The summed E-state index contributed by atoms with van der Waals surface area (Å²) >= 11 is 0. The molecule has 3 heteroatoms. The highest BCUT2D eigenvalue weighted by Crippen LogP contribution is 2.07. The van der Waals surface area contributed by atoms with E-state index in [1.54, 1.807) is 7.11 Å². The molecule has 0 aliphatic heterocycles. The number of hydrogen-bond donors (Lipinski definition) is 1. The Morgan fingerprint density at radius 1 is 1.27 bits per heavy atom. The van der Waals surface area contributed by atoms with Gasteiger partial charge in [-0.3, -0.25) is 4.90 Å². The first-order valence-corrected chi connectivity index (χ1v) is 5.99. The van der Waals surface area contributed by atoms with Crippen molar-refractivity contribution in [2.45, 2.75) is 33.2 Å². The van der Waals surface area contributed by atoms with Crippen LogP contribution in [0.5, 0.6) is 0 Å². The van der Waals surface area contributed by atoms with E-state index in [4.69, 9.17) is 4.74 Å². The predicted octanol–water partition coefficient (Wildman–Crippen LogP) is 1.59. The second kappa shape index (κ2) is 9.13. The van der Waals surface area contributed by atoms with Crippen LogP contribution >= 0.6 is 0 Å². The van der Waals surface area contributed by atoms with Gasteiger partial charge in [-0.2, -0.15) is 0 Å². The third-order valence-corrected chi connectivity index (χ3v) is 2.62. The summed E-state index contributed by atoms with van der Waals surface area (Å²) in [5, 5.41) is 3.20. The maximum Gasteiger partial charge on any atom is 0.0589 e. The molecule has 0 heterocycles. The van der Waals surface area contributed by atoms with Crippen LogP contribution in [0, 0.1) is 5.92 Å². The van der Waals surface area contributed by atoms with E-state index >= 15 is 0 Å². The van der Waals surface area contributed by atoms with E-state index in [2.05, 4.69) is 31.0 Å². The fraction of sp³-hybridized carbons (Fsp3) is 1.00. The molecule has 0 rings (SSSR count). The third kappa shape index (κ3) is 7.77. The molecule has 0 aliphatic rings. The summed E-state index contributed by atoms with van der Waals surface area (Å²) in [5.41, 5.74) is 0. The zero-order valence-electron chi connectivity index (χ0n) is 11.0. The molecular formula is C12H28N2O. The first-order valence-electron chi connectivity index (χ1n) is 5.99. The normalized spacial score (nSPS) is 13.8. The van der Waals surface area contributed by atoms with Crippen LogP contribution in [0.2, 0.25) is 0 Å². The molecule has 0 aliphatic carbocycles. The molecule has 1 atom stereocenters. The zero-order chi connectivity index (χ0) is 11.7. The highest BCUT2D eigenvalue weighted by molar-refractivity contribution is 4.69. The minimum absolute atomic E-state index is 0.634. The molecule has 15 heavy (non-hydrogen) atoms. The van der Waals surface area contributed by atoms with Gasteiger partial charge in [0.25, 0.3) is 0 Å². The van der Waals surface area contributed by atoms with Crippen LogP contribution in [-0.4, -0.2) is 51.3 Å². The summed E-state index contributed by atoms with van der Waals surface area (Å²) in [6, 6.07) is 0.634. The van der Waals surface area contributed by atoms with Gasteiger partial charge in [-0.05, 0) is 32.9 Å². The monoisotopic (exact) mass is 216 g/mol. The standard InChI is InChI=1S/C12H28N2O/c1-11(2)10-14(8-9-15-5)12(3)6-7-13-4/h11-13H,6-10H2,1-5H3. The van der Waals surface area contributed by atoms with Crippen molar-refractivity contribution in [1.82, 2.24) is 10.2 Å². The molecule has 0 aromatic rings. The van der Waals surface area contributed by atoms with E-state index in [-0.39, 0.29) is 0 Å². The predicted molar refractivity (Wildman–Crippen MR) is 66.3 cm³/mol. The third-order valence-electron chi connectivity index (χ3n) is 2.62. The molecule has 0 aromatic carbocycles. The van der Waals surface area contributed by atoms with Crippen LogP contribution in [0.15, 0.2) is 0 Å². The molecule has 1 unspecified atom stereocenters. The average Bonchev–Trinajstić information content (AvgIpc) is 2.20. The van der Waals surface area contributed by atoms with Gasteiger partial charge >= 0.3 is 0 Å². The molecule has 0 radical (unpaired) electrons. The van der Waals surface area contributed by atoms with Crippen molar-refractivity contribution in [2.75, 3.05) is 40.4 Å². The lowest BCUT2D eigenvalue weighted by molar-refractivity contribution is 0.112. The highest BCUT2D eigenvalue weighted by Gasteiger charge is 2.14. The van der Waals surface area contributed by atoms with Gasteiger partial charge < -0.3 is 10.1 Å². The average molecular weight is 216 g/mol. The first kappa shape index (κ1) is 14.9. The van der Waals surface area contributed by atoms with E-state index in [9.17, 15) is 0 Å². The number of rotatable bonds is 9. The molecule has 0 saturated carbocycles. The van der Waals surface area contributed by atoms with Crippen LogP contribution < -0.4 is 5.32 Å². The van der Waals surface area contributed by atoms with Crippen LogP contribution in [0.4, 0.5) is 0 Å². The lowest BCUT2D eigenvalue weighted by atomic mass is 10.1. The molecule has 0 spiro atoms. The Kier molecular flexibility index (Phi) is 9.06. The molecule has 0 fully saturated rings. The van der Waals surface area contributed by atoms with Gasteiger partial charge in [0, 0.05) is 26.2 Å². The second-order valence-corrected chi connectivity index (χ2v) is 4.62. The van der Waals surface area contributed by atoms with Crippen LogP contribution in [-0.2, 0) is 4.74 Å². The van der Waals surface area contributed by atoms with E-state index in [1.807, 2.05) is 7.05 Å². The summed E-state index contributed by atoms with van der Waals surface area (Å²) in [5.74, 6) is 0.721. The summed E-state index contributed by atoms with van der Waals surface area (Å²) in [4.78, 5) is 2.52. The number of nitrogens with zero attached hydrogens (tertiary/aromatic N) is 1. The maximum atomic E-state index is 5.15. The smallest absolute Gasteiger partial charge is 0.0589 e. The van der Waals surface area contributed by atoms with E-state index < -0.39 is 0 Å². The van der Waals surface area contributed by atoms with Crippen LogP contribution in [0.1, 0.15) is 27.2 Å². The Balaban J connectivity index is 3.95. The topological polar surface area (TPSA) is 24.5 Å². The molecular weight excluding hydrogens is 188 g/mol. The molecule has 92 valence electrons. The van der Waals surface area contributed by atoms with Gasteiger partial charge in [-0.1, -0.05) is 13.8 Å². The van der Waals surface area contributed by atoms with Gasteiger partial charge in [0.15, 0.2) is 0 Å². The lowest BCUT2D eigenvalue weighted by Crippen LogP contribution is -2.39. The van der Waals surface area contributed by atoms with E-state index in [0.29, 0.717) is 6.04 Å². The zero-order valence-corrected chi connectivity index (χ0v) is 11.0. The van der Waals surface area contributed by atoms with Gasteiger partial charge in [0.05, 0.1) is 6.61 Å². The minimum atomic E-state index is 0.634. The Bertz CT molecular complexity index is 140. The number of nitrogens with one attached hydrogen (secondary N) is 1. The van der Waals surface area contributed by atoms with Gasteiger partial charge in [0.2, 0.25) is 0 Å². The molecule has 0 saturated heterocycles. The van der Waals surface area contributed by atoms with Crippen LogP contribution in [0.25, 0.3) is 0 Å². The minimum Gasteiger partial charge on any atom is -0.383 e. The molecule has 3 nitrogen and oxygen atoms in total. The molecule has 0 aromatic heterocycles. The van der Waals surface area contributed by atoms with Gasteiger partial charge in [0.1, 0.15) is 0 Å². The quantitative estimate of drug-likeness (QED) is 0.633. The van der Waals surface area contributed by atoms with E-state index in [1.165, 1.54) is 6.42 Å². The fourth-order valence-corrected chi connectivity index (χ4v) is 1.70. The van der Waals surface area contributed by atoms with Crippen molar-refractivity contribution >= 4 is 0 Å². The summed E-state index contributed by atoms with van der Waals surface area (Å²) < 4.78 is 5.15. The van der Waals surface area contributed by atoms with Crippen LogP contribution in [0.3, 0.4) is 0 Å². The van der Waals surface area contributed by atoms with Crippen molar-refractivity contribution in [2.24, 2.45) is 5.92 Å². The summed E-state index contributed by atoms with van der Waals surface area (Å²) in [6.45, 7) is 11.0. The van der Waals surface area contributed by atoms with Crippen molar-refractivity contribution in [1.29, 1.82) is 0 Å². The Labute approximate surface area is 95.2 Å². The Morgan fingerprint density at radius 3 is 2.40 bits per heavy atom. The molecule has 0 amide bonds. The largest absolute Gasteiger partial charge is 0.383 e. The molecule has 0 bridgehead atoms. The van der Waals surface area contributed by atoms with Gasteiger partial charge in [-0.25, -0.2) is 0 Å². The maximum absolute atomic E-state index is 5.15. The molecule has 1 N–H and O–H groups in total. The Morgan fingerprint density at radius 2 is 1.93 bits per heavy atom.